The third-order valence-electron chi connectivity index (χ3n) is 3.90. The quantitative estimate of drug-likeness (QED) is 0.710. The fourth-order valence-corrected chi connectivity index (χ4v) is 2.58. The number of carbonyl (C=O) groups excluding carboxylic acids is 2. The zero-order valence-electron chi connectivity index (χ0n) is 14.6. The van der Waals surface area contributed by atoms with Crippen molar-refractivity contribution < 1.29 is 14.3 Å². The Morgan fingerprint density at radius 3 is 2.42 bits per heavy atom. The van der Waals surface area contributed by atoms with E-state index in [2.05, 4.69) is 15.8 Å². The van der Waals surface area contributed by atoms with Crippen molar-refractivity contribution in [1.82, 2.24) is 15.8 Å². The standard InChI is InChI=1S/C20H19N3O3/c1-13-6-5-7-14(2)19(13)26-12-18(24)22-23-20(25)17-11-10-15-8-3-4-9-16(15)21-17/h3-11H,12H2,1-2H3,(H,22,24)(H,23,25). The maximum atomic E-state index is 12.1. The molecular formula is C20H19N3O3. The summed E-state index contributed by atoms with van der Waals surface area (Å²) in [7, 11) is 0. The molecule has 1 heterocycles. The zero-order chi connectivity index (χ0) is 18.5. The third-order valence-corrected chi connectivity index (χ3v) is 3.90. The molecule has 0 spiro atoms. The molecule has 26 heavy (non-hydrogen) atoms. The molecule has 132 valence electrons. The molecule has 0 saturated carbocycles. The number of amides is 2. The minimum Gasteiger partial charge on any atom is -0.483 e. The molecule has 6 nitrogen and oxygen atoms in total. The summed E-state index contributed by atoms with van der Waals surface area (Å²) in [6.07, 6.45) is 0. The van der Waals surface area contributed by atoms with Crippen LogP contribution in [0.15, 0.2) is 54.6 Å². The Kier molecular flexibility index (Phi) is 5.12. The van der Waals surface area contributed by atoms with Crippen LogP contribution in [0.25, 0.3) is 10.9 Å². The van der Waals surface area contributed by atoms with E-state index in [0.717, 1.165) is 16.5 Å². The SMILES string of the molecule is Cc1cccc(C)c1OCC(=O)NNC(=O)c1ccc2ccccc2n1. The number of hydrogen-bond acceptors (Lipinski definition) is 4. The van der Waals surface area contributed by atoms with Gasteiger partial charge in [0.15, 0.2) is 6.61 Å². The zero-order valence-corrected chi connectivity index (χ0v) is 14.6. The molecule has 1 aromatic heterocycles. The Labute approximate surface area is 151 Å². The van der Waals surface area contributed by atoms with E-state index in [4.69, 9.17) is 4.74 Å². The lowest BCUT2D eigenvalue weighted by atomic mass is 10.1. The summed E-state index contributed by atoms with van der Waals surface area (Å²) in [6.45, 7) is 3.62. The van der Waals surface area contributed by atoms with Crippen LogP contribution in [0.5, 0.6) is 5.75 Å². The first-order chi connectivity index (χ1) is 12.5. The van der Waals surface area contributed by atoms with Gasteiger partial charge in [0.05, 0.1) is 5.52 Å². The lowest BCUT2D eigenvalue weighted by molar-refractivity contribution is -0.123. The van der Waals surface area contributed by atoms with Gasteiger partial charge in [-0.1, -0.05) is 42.5 Å². The van der Waals surface area contributed by atoms with Gasteiger partial charge in [0, 0.05) is 5.39 Å². The van der Waals surface area contributed by atoms with Crippen LogP contribution in [-0.2, 0) is 4.79 Å². The van der Waals surface area contributed by atoms with Crippen LogP contribution in [0.4, 0.5) is 0 Å². The van der Waals surface area contributed by atoms with Crippen LogP contribution >= 0.6 is 0 Å². The van der Waals surface area contributed by atoms with Crippen molar-refractivity contribution in [2.75, 3.05) is 6.61 Å². The number of nitrogens with zero attached hydrogens (tertiary/aromatic N) is 1. The van der Waals surface area contributed by atoms with E-state index in [9.17, 15) is 9.59 Å². The molecule has 2 amide bonds. The Morgan fingerprint density at radius 2 is 1.65 bits per heavy atom. The van der Waals surface area contributed by atoms with Gasteiger partial charge in [0.2, 0.25) is 0 Å². The number of aryl methyl sites for hydroxylation is 2. The molecule has 0 aliphatic rings. The largest absolute Gasteiger partial charge is 0.483 e. The van der Waals surface area contributed by atoms with Crippen LogP contribution in [0.3, 0.4) is 0 Å². The highest BCUT2D eigenvalue weighted by atomic mass is 16.5. The second-order valence-corrected chi connectivity index (χ2v) is 5.90. The van der Waals surface area contributed by atoms with Crippen LogP contribution in [0, 0.1) is 13.8 Å². The fourth-order valence-electron chi connectivity index (χ4n) is 2.58. The number of ether oxygens (including phenoxy) is 1. The van der Waals surface area contributed by atoms with Gasteiger partial charge < -0.3 is 4.74 Å². The number of hydrogen-bond donors (Lipinski definition) is 2. The van der Waals surface area contributed by atoms with Crippen molar-refractivity contribution in [1.29, 1.82) is 0 Å². The monoisotopic (exact) mass is 349 g/mol. The van der Waals surface area contributed by atoms with Crippen molar-refractivity contribution in [3.05, 3.63) is 71.4 Å². The molecule has 0 unspecified atom stereocenters. The molecule has 2 aromatic carbocycles. The number of hydrazine groups is 1. The van der Waals surface area contributed by atoms with E-state index in [1.165, 1.54) is 0 Å². The van der Waals surface area contributed by atoms with Gasteiger partial charge in [-0.15, -0.1) is 0 Å². The summed E-state index contributed by atoms with van der Waals surface area (Å²) in [5.74, 6) is -0.275. The Bertz CT molecular complexity index is 949. The average Bonchev–Trinajstić information content (AvgIpc) is 2.65. The van der Waals surface area contributed by atoms with E-state index in [-0.39, 0.29) is 12.3 Å². The average molecular weight is 349 g/mol. The number of para-hydroxylation sites is 2. The first-order valence-corrected chi connectivity index (χ1v) is 8.18. The number of pyridine rings is 1. The highest BCUT2D eigenvalue weighted by molar-refractivity contribution is 5.95. The first kappa shape index (κ1) is 17.4. The summed E-state index contributed by atoms with van der Waals surface area (Å²) in [4.78, 5) is 28.3. The van der Waals surface area contributed by atoms with Gasteiger partial charge in [-0.25, -0.2) is 4.98 Å². The van der Waals surface area contributed by atoms with E-state index < -0.39 is 11.8 Å². The molecule has 6 heteroatoms. The van der Waals surface area contributed by atoms with Gasteiger partial charge >= 0.3 is 0 Å². The van der Waals surface area contributed by atoms with E-state index in [1.807, 2.05) is 62.4 Å². The number of rotatable bonds is 4. The summed E-state index contributed by atoms with van der Waals surface area (Å²) in [5.41, 5.74) is 7.51. The molecule has 3 rings (SSSR count). The summed E-state index contributed by atoms with van der Waals surface area (Å²) in [6, 6.07) is 16.7. The van der Waals surface area contributed by atoms with Crippen LogP contribution in [0.1, 0.15) is 21.6 Å². The van der Waals surface area contributed by atoms with Gasteiger partial charge in [-0.3, -0.25) is 20.4 Å². The fraction of sp³-hybridized carbons (Fsp3) is 0.150. The maximum absolute atomic E-state index is 12.1. The third kappa shape index (κ3) is 3.97. The van der Waals surface area contributed by atoms with Crippen LogP contribution in [0.2, 0.25) is 0 Å². The van der Waals surface area contributed by atoms with Gasteiger partial charge in [0.1, 0.15) is 11.4 Å². The molecule has 3 aromatic rings. The summed E-state index contributed by atoms with van der Waals surface area (Å²) >= 11 is 0. The Morgan fingerprint density at radius 1 is 0.923 bits per heavy atom. The predicted octanol–water partition coefficient (Wildman–Crippen LogP) is 2.69. The van der Waals surface area contributed by atoms with Crippen molar-refractivity contribution in [3.63, 3.8) is 0 Å². The topological polar surface area (TPSA) is 80.3 Å². The van der Waals surface area contributed by atoms with E-state index >= 15 is 0 Å². The van der Waals surface area contributed by atoms with Crippen molar-refractivity contribution in [2.45, 2.75) is 13.8 Å². The molecule has 0 aliphatic heterocycles. The minimum atomic E-state index is -0.490. The molecule has 0 atom stereocenters. The number of benzene rings is 2. The summed E-state index contributed by atoms with van der Waals surface area (Å²) in [5, 5.41) is 0.940. The maximum Gasteiger partial charge on any atom is 0.288 e. The van der Waals surface area contributed by atoms with Gasteiger partial charge in [-0.2, -0.15) is 0 Å². The number of carbonyl (C=O) groups is 2. The number of aromatic nitrogens is 1. The smallest absolute Gasteiger partial charge is 0.288 e. The summed E-state index contributed by atoms with van der Waals surface area (Å²) < 4.78 is 5.55. The van der Waals surface area contributed by atoms with Crippen molar-refractivity contribution >= 4 is 22.7 Å². The molecule has 0 saturated heterocycles. The van der Waals surface area contributed by atoms with Gasteiger partial charge in [-0.05, 0) is 37.1 Å². The number of fused-ring (bicyclic) bond motifs is 1. The van der Waals surface area contributed by atoms with Crippen LogP contribution < -0.4 is 15.6 Å². The normalized spacial score (nSPS) is 10.4. The molecular weight excluding hydrogens is 330 g/mol. The second kappa shape index (κ2) is 7.65. The van der Waals surface area contributed by atoms with Gasteiger partial charge in [0.25, 0.3) is 11.8 Å². The van der Waals surface area contributed by atoms with E-state index in [1.54, 1.807) is 6.07 Å². The lowest BCUT2D eigenvalue weighted by Gasteiger charge is -2.12. The highest BCUT2D eigenvalue weighted by Crippen LogP contribution is 2.21. The second-order valence-electron chi connectivity index (χ2n) is 5.90. The molecule has 0 bridgehead atoms. The molecule has 0 radical (unpaired) electrons. The lowest BCUT2D eigenvalue weighted by Crippen LogP contribution is -2.44. The predicted molar refractivity (Wildman–Crippen MR) is 98.8 cm³/mol. The Balaban J connectivity index is 1.55. The molecule has 2 N–H and O–H groups in total. The van der Waals surface area contributed by atoms with Crippen molar-refractivity contribution in [2.24, 2.45) is 0 Å². The molecule has 0 aliphatic carbocycles. The number of nitrogens with one attached hydrogen (secondary N) is 2. The highest BCUT2D eigenvalue weighted by Gasteiger charge is 2.11. The minimum absolute atomic E-state index is 0.197. The van der Waals surface area contributed by atoms with E-state index in [0.29, 0.717) is 11.3 Å². The molecule has 0 fully saturated rings. The Hall–Kier alpha value is -3.41. The first-order valence-electron chi connectivity index (χ1n) is 8.18. The van der Waals surface area contributed by atoms with Crippen molar-refractivity contribution in [3.8, 4) is 5.75 Å². The van der Waals surface area contributed by atoms with Crippen LogP contribution in [-0.4, -0.2) is 23.4 Å².